The van der Waals surface area contributed by atoms with E-state index >= 15 is 0 Å². The van der Waals surface area contributed by atoms with Crippen molar-refractivity contribution < 1.29 is 27.8 Å². The molecule has 1 aliphatic heterocycles. The standard InChI is InChI=1S/C9H13F3O3/c10-9(11,12)7(8(13)14)5-6-3-1-2-4-15-6/h6-7H,1-5H2,(H,13,14). The smallest absolute Gasteiger partial charge is 0.402 e. The normalized spacial score (nSPS) is 24.9. The second kappa shape index (κ2) is 4.83. The van der Waals surface area contributed by atoms with Crippen molar-refractivity contribution in [3.63, 3.8) is 0 Å². The lowest BCUT2D eigenvalue weighted by atomic mass is 9.96. The van der Waals surface area contributed by atoms with Gasteiger partial charge in [-0.1, -0.05) is 0 Å². The highest BCUT2D eigenvalue weighted by molar-refractivity contribution is 5.70. The molecule has 2 unspecified atom stereocenters. The summed E-state index contributed by atoms with van der Waals surface area (Å²) in [5.41, 5.74) is 0. The predicted octanol–water partition coefficient (Wildman–Crippen LogP) is 2.21. The third-order valence-corrected chi connectivity index (χ3v) is 2.47. The van der Waals surface area contributed by atoms with E-state index in [4.69, 9.17) is 9.84 Å². The van der Waals surface area contributed by atoms with Crippen LogP contribution in [0, 0.1) is 5.92 Å². The van der Waals surface area contributed by atoms with Crippen LogP contribution in [0.3, 0.4) is 0 Å². The summed E-state index contributed by atoms with van der Waals surface area (Å²) < 4.78 is 42.0. The van der Waals surface area contributed by atoms with Crippen LogP contribution < -0.4 is 0 Å². The largest absolute Gasteiger partial charge is 0.481 e. The molecule has 1 aliphatic rings. The number of hydrogen-bond acceptors (Lipinski definition) is 2. The number of halogens is 3. The van der Waals surface area contributed by atoms with Gasteiger partial charge in [-0.15, -0.1) is 0 Å². The first kappa shape index (κ1) is 12.3. The van der Waals surface area contributed by atoms with Crippen LogP contribution in [0.1, 0.15) is 25.7 Å². The van der Waals surface area contributed by atoms with Crippen molar-refractivity contribution in [2.75, 3.05) is 6.61 Å². The Balaban J connectivity index is 2.54. The van der Waals surface area contributed by atoms with E-state index in [9.17, 15) is 18.0 Å². The molecule has 0 amide bonds. The van der Waals surface area contributed by atoms with Gasteiger partial charge in [0.25, 0.3) is 0 Å². The van der Waals surface area contributed by atoms with E-state index in [0.717, 1.165) is 12.8 Å². The number of alkyl halides is 3. The first-order chi connectivity index (χ1) is 6.91. The molecule has 0 aromatic carbocycles. The zero-order valence-corrected chi connectivity index (χ0v) is 8.09. The van der Waals surface area contributed by atoms with Crippen molar-refractivity contribution in [1.82, 2.24) is 0 Å². The molecule has 0 aromatic rings. The molecule has 0 aliphatic carbocycles. The summed E-state index contributed by atoms with van der Waals surface area (Å²) in [7, 11) is 0. The summed E-state index contributed by atoms with van der Waals surface area (Å²) in [6, 6.07) is 0. The van der Waals surface area contributed by atoms with Gasteiger partial charge in [-0.25, -0.2) is 0 Å². The van der Waals surface area contributed by atoms with E-state index in [1.54, 1.807) is 0 Å². The molecule has 1 saturated heterocycles. The molecule has 0 saturated carbocycles. The van der Waals surface area contributed by atoms with Gasteiger partial charge in [-0.05, 0) is 25.7 Å². The molecule has 3 nitrogen and oxygen atoms in total. The summed E-state index contributed by atoms with van der Waals surface area (Å²) >= 11 is 0. The maximum Gasteiger partial charge on any atom is 0.402 e. The summed E-state index contributed by atoms with van der Waals surface area (Å²) in [4.78, 5) is 10.4. The van der Waals surface area contributed by atoms with Gasteiger partial charge in [0.2, 0.25) is 0 Å². The summed E-state index contributed by atoms with van der Waals surface area (Å²) in [6.07, 6.45) is -3.58. The molecule has 1 fully saturated rings. The van der Waals surface area contributed by atoms with Crippen LogP contribution in [0.4, 0.5) is 13.2 Å². The van der Waals surface area contributed by atoms with Gasteiger partial charge in [-0.2, -0.15) is 13.2 Å². The molecule has 15 heavy (non-hydrogen) atoms. The number of ether oxygens (including phenoxy) is 1. The maximum absolute atomic E-state index is 12.3. The Kier molecular flexibility index (Phi) is 3.96. The highest BCUT2D eigenvalue weighted by Crippen LogP contribution is 2.32. The summed E-state index contributed by atoms with van der Waals surface area (Å²) in [5.74, 6) is -4.13. The number of carbonyl (C=O) groups is 1. The van der Waals surface area contributed by atoms with Crippen LogP contribution in [-0.2, 0) is 9.53 Å². The van der Waals surface area contributed by atoms with Crippen LogP contribution >= 0.6 is 0 Å². The highest BCUT2D eigenvalue weighted by atomic mass is 19.4. The van der Waals surface area contributed by atoms with Gasteiger partial charge in [0.15, 0.2) is 5.92 Å². The molecule has 6 heteroatoms. The Bertz CT molecular complexity index is 221. The topological polar surface area (TPSA) is 46.5 Å². The van der Waals surface area contributed by atoms with E-state index in [1.165, 1.54) is 0 Å². The molecule has 2 atom stereocenters. The Morgan fingerprint density at radius 3 is 2.53 bits per heavy atom. The van der Waals surface area contributed by atoms with Crippen LogP contribution in [0.15, 0.2) is 0 Å². The predicted molar refractivity (Wildman–Crippen MR) is 45.4 cm³/mol. The van der Waals surface area contributed by atoms with Crippen molar-refractivity contribution in [3.05, 3.63) is 0 Å². The maximum atomic E-state index is 12.3. The Labute approximate surface area is 85.2 Å². The minimum absolute atomic E-state index is 0.425. The number of carboxylic acid groups (broad SMARTS) is 1. The van der Waals surface area contributed by atoms with Crippen LogP contribution in [0.2, 0.25) is 0 Å². The zero-order chi connectivity index (χ0) is 11.5. The third kappa shape index (κ3) is 3.70. The summed E-state index contributed by atoms with van der Waals surface area (Å²) in [5, 5.41) is 8.46. The Morgan fingerprint density at radius 1 is 1.47 bits per heavy atom. The molecule has 1 heterocycles. The van der Waals surface area contributed by atoms with E-state index in [2.05, 4.69) is 0 Å². The molecule has 0 aromatic heterocycles. The fourth-order valence-corrected chi connectivity index (χ4v) is 1.63. The van der Waals surface area contributed by atoms with Crippen molar-refractivity contribution >= 4 is 5.97 Å². The molecule has 88 valence electrons. The lowest BCUT2D eigenvalue weighted by Gasteiger charge is -2.26. The average Bonchev–Trinajstić information content (AvgIpc) is 2.13. The molecular formula is C9H13F3O3. The van der Waals surface area contributed by atoms with Gasteiger partial charge in [-0.3, -0.25) is 4.79 Å². The Hall–Kier alpha value is -0.780. The minimum Gasteiger partial charge on any atom is -0.481 e. The van der Waals surface area contributed by atoms with E-state index in [-0.39, 0.29) is 0 Å². The SMILES string of the molecule is O=C(O)C(CC1CCCCO1)C(F)(F)F. The summed E-state index contributed by atoms with van der Waals surface area (Å²) in [6.45, 7) is 0.425. The van der Waals surface area contributed by atoms with Crippen LogP contribution in [0.25, 0.3) is 0 Å². The first-order valence-corrected chi connectivity index (χ1v) is 4.82. The molecule has 1 N–H and O–H groups in total. The van der Waals surface area contributed by atoms with Crippen molar-refractivity contribution in [3.8, 4) is 0 Å². The number of rotatable bonds is 3. The van der Waals surface area contributed by atoms with E-state index < -0.39 is 30.6 Å². The Morgan fingerprint density at radius 2 is 2.13 bits per heavy atom. The van der Waals surface area contributed by atoms with Gasteiger partial charge in [0.1, 0.15) is 0 Å². The lowest BCUT2D eigenvalue weighted by Crippen LogP contribution is -2.35. The zero-order valence-electron chi connectivity index (χ0n) is 8.09. The quantitative estimate of drug-likeness (QED) is 0.802. The van der Waals surface area contributed by atoms with Crippen LogP contribution in [0.5, 0.6) is 0 Å². The highest BCUT2D eigenvalue weighted by Gasteiger charge is 2.46. The van der Waals surface area contributed by atoms with Gasteiger partial charge < -0.3 is 9.84 Å². The van der Waals surface area contributed by atoms with Crippen molar-refractivity contribution in [2.24, 2.45) is 5.92 Å². The first-order valence-electron chi connectivity index (χ1n) is 4.82. The molecule has 1 rings (SSSR count). The fourth-order valence-electron chi connectivity index (χ4n) is 1.63. The second-order valence-corrected chi connectivity index (χ2v) is 3.66. The van der Waals surface area contributed by atoms with E-state index in [0.29, 0.717) is 13.0 Å². The van der Waals surface area contributed by atoms with E-state index in [1.807, 2.05) is 0 Å². The average molecular weight is 226 g/mol. The molecule has 0 bridgehead atoms. The van der Waals surface area contributed by atoms with Gasteiger partial charge in [0, 0.05) is 6.61 Å². The van der Waals surface area contributed by atoms with Crippen molar-refractivity contribution in [2.45, 2.75) is 38.0 Å². The van der Waals surface area contributed by atoms with Crippen LogP contribution in [-0.4, -0.2) is 30.0 Å². The second-order valence-electron chi connectivity index (χ2n) is 3.66. The third-order valence-electron chi connectivity index (χ3n) is 2.47. The fraction of sp³-hybridized carbons (Fsp3) is 0.889. The monoisotopic (exact) mass is 226 g/mol. The molecular weight excluding hydrogens is 213 g/mol. The number of aliphatic carboxylic acids is 1. The van der Waals surface area contributed by atoms with Gasteiger partial charge >= 0.3 is 12.1 Å². The lowest BCUT2D eigenvalue weighted by molar-refractivity contribution is -0.200. The molecule has 0 radical (unpaired) electrons. The van der Waals surface area contributed by atoms with Crippen molar-refractivity contribution in [1.29, 1.82) is 0 Å². The van der Waals surface area contributed by atoms with Gasteiger partial charge in [0.05, 0.1) is 6.10 Å². The minimum atomic E-state index is -4.69. The number of hydrogen-bond donors (Lipinski definition) is 1. The molecule has 0 spiro atoms. The number of carboxylic acids is 1.